The van der Waals surface area contributed by atoms with Crippen molar-refractivity contribution in [1.29, 1.82) is 0 Å². The van der Waals surface area contributed by atoms with Gasteiger partial charge in [0.05, 0.1) is 26.1 Å². The summed E-state index contributed by atoms with van der Waals surface area (Å²) in [5, 5.41) is 20.4. The Morgan fingerprint density at radius 2 is 1.91 bits per heavy atom. The van der Waals surface area contributed by atoms with Crippen LogP contribution in [-0.2, 0) is 16.1 Å². The molecule has 1 aliphatic rings. The van der Waals surface area contributed by atoms with E-state index in [0.717, 1.165) is 16.1 Å². The van der Waals surface area contributed by atoms with Crippen LogP contribution in [0.4, 0.5) is 0 Å². The minimum atomic E-state index is -1.25. The molecule has 178 valence electrons. The molecule has 2 aromatic heterocycles. The van der Waals surface area contributed by atoms with Crippen LogP contribution in [0.3, 0.4) is 0 Å². The van der Waals surface area contributed by atoms with Crippen LogP contribution in [0, 0.1) is 0 Å². The van der Waals surface area contributed by atoms with Gasteiger partial charge in [-0.05, 0) is 23.7 Å². The molecule has 0 bridgehead atoms. The molecule has 0 radical (unpaired) electrons. The number of fused-ring (bicyclic) bond motifs is 1. The zero-order chi connectivity index (χ0) is 23.6. The van der Waals surface area contributed by atoms with Crippen LogP contribution in [0.1, 0.15) is 11.8 Å². The quantitative estimate of drug-likeness (QED) is 0.401. The Hall–Kier alpha value is -1.89. The van der Waals surface area contributed by atoms with Crippen molar-refractivity contribution in [3.63, 3.8) is 0 Å². The minimum absolute atomic E-state index is 0.277. The van der Waals surface area contributed by atoms with Gasteiger partial charge in [0, 0.05) is 12.5 Å². The molecule has 9 nitrogen and oxygen atoms in total. The molecule has 1 unspecified atom stereocenters. The summed E-state index contributed by atoms with van der Waals surface area (Å²) in [7, 11) is -1.25. The van der Waals surface area contributed by atoms with E-state index >= 15 is 0 Å². The number of hydrogen-bond acceptors (Lipinski definition) is 8. The van der Waals surface area contributed by atoms with Crippen LogP contribution in [0.15, 0.2) is 41.4 Å². The second-order valence-electron chi connectivity index (χ2n) is 9.30. The van der Waals surface area contributed by atoms with E-state index in [2.05, 4.69) is 50.5 Å². The summed E-state index contributed by atoms with van der Waals surface area (Å²) >= 11 is 3.42. The van der Waals surface area contributed by atoms with Crippen LogP contribution in [-0.4, -0.2) is 69.3 Å². The number of ether oxygens (including phenoxy) is 3. The van der Waals surface area contributed by atoms with Crippen LogP contribution < -0.4 is 4.74 Å². The lowest BCUT2D eigenvalue weighted by Crippen LogP contribution is -2.35. The molecule has 0 spiro atoms. The largest absolute Gasteiger partial charge is 0.476 e. The number of hydrogen-bond donors (Lipinski definition) is 2. The highest BCUT2D eigenvalue weighted by atomic mass is 79.9. The Labute approximate surface area is 201 Å². The van der Waals surface area contributed by atoms with Crippen molar-refractivity contribution in [3.8, 4) is 5.88 Å². The molecule has 4 rings (SSSR count). The second kappa shape index (κ2) is 10.2. The molecule has 33 heavy (non-hydrogen) atoms. The number of halogens is 1. The smallest absolute Gasteiger partial charge is 0.245 e. The van der Waals surface area contributed by atoms with Gasteiger partial charge < -0.3 is 24.4 Å². The first kappa shape index (κ1) is 24.2. The van der Waals surface area contributed by atoms with Crippen LogP contribution in [0.5, 0.6) is 5.88 Å². The molecular weight excluding hydrogens is 508 g/mol. The zero-order valence-corrected chi connectivity index (χ0v) is 21.5. The number of aromatic nitrogens is 4. The molecule has 2 N–H and O–H groups in total. The Morgan fingerprint density at radius 1 is 1.15 bits per heavy atom. The summed E-state index contributed by atoms with van der Waals surface area (Å²) in [5.41, 5.74) is 1.99. The van der Waals surface area contributed by atoms with E-state index in [1.54, 1.807) is 10.9 Å². The summed E-state index contributed by atoms with van der Waals surface area (Å²) in [4.78, 5) is 13.1. The summed E-state index contributed by atoms with van der Waals surface area (Å²) < 4.78 is 20.6. The molecule has 1 aliphatic heterocycles. The van der Waals surface area contributed by atoms with Gasteiger partial charge in [-0.15, -0.1) is 0 Å². The van der Waals surface area contributed by atoms with E-state index < -0.39 is 32.6 Å². The maximum atomic E-state index is 10.8. The first-order chi connectivity index (χ1) is 15.8. The van der Waals surface area contributed by atoms with E-state index in [1.807, 2.05) is 24.3 Å². The fourth-order valence-corrected chi connectivity index (χ4v) is 4.60. The van der Waals surface area contributed by atoms with E-state index in [9.17, 15) is 10.2 Å². The Morgan fingerprint density at radius 3 is 2.61 bits per heavy atom. The molecule has 4 atom stereocenters. The van der Waals surface area contributed by atoms with Gasteiger partial charge in [-0.3, -0.25) is 4.57 Å². The molecule has 3 aromatic rings. The van der Waals surface area contributed by atoms with E-state index in [0.29, 0.717) is 23.7 Å². The third-order valence-corrected chi connectivity index (χ3v) is 7.77. The van der Waals surface area contributed by atoms with E-state index in [-0.39, 0.29) is 13.2 Å². The first-order valence-electron chi connectivity index (χ1n) is 10.9. The van der Waals surface area contributed by atoms with Crippen molar-refractivity contribution in [2.24, 2.45) is 0 Å². The summed E-state index contributed by atoms with van der Waals surface area (Å²) in [6.45, 7) is 7.38. The van der Waals surface area contributed by atoms with Crippen LogP contribution in [0.25, 0.3) is 11.2 Å². The first-order valence-corrected chi connectivity index (χ1v) is 15.4. The fourth-order valence-electron chi connectivity index (χ4n) is 3.62. The monoisotopic (exact) mass is 536 g/mol. The van der Waals surface area contributed by atoms with Gasteiger partial charge in [-0.25, -0.2) is 9.97 Å². The lowest BCUT2D eigenvalue weighted by molar-refractivity contribution is -0.0761. The van der Waals surface area contributed by atoms with Gasteiger partial charge >= 0.3 is 0 Å². The average molecular weight is 537 g/mol. The molecule has 0 aliphatic carbocycles. The van der Waals surface area contributed by atoms with E-state index in [4.69, 9.17) is 14.2 Å². The van der Waals surface area contributed by atoms with Gasteiger partial charge in [0.15, 0.2) is 17.4 Å². The standard InChI is InChI=1S/C22H29BrN4O5Si/c1-33(2,3)9-8-30-21-17-20(24-12-25-21)27(13-26-17)22-19(18(29)16(10-28)32-22)31-11-14-4-6-15(23)7-5-14/h4-7,12-13,16,18-19,22,28-29H,8-11H2,1-3H3/t16-,18-,19-,22?/m1/s1. The maximum absolute atomic E-state index is 10.8. The van der Waals surface area contributed by atoms with Crippen molar-refractivity contribution in [2.45, 2.75) is 56.8 Å². The summed E-state index contributed by atoms with van der Waals surface area (Å²) in [6.07, 6.45) is -0.231. The molecule has 11 heteroatoms. The van der Waals surface area contributed by atoms with Crippen LogP contribution in [0.2, 0.25) is 25.7 Å². The summed E-state index contributed by atoms with van der Waals surface area (Å²) in [5.74, 6) is 0.418. The predicted molar refractivity (Wildman–Crippen MR) is 129 cm³/mol. The maximum Gasteiger partial charge on any atom is 0.245 e. The van der Waals surface area contributed by atoms with E-state index in [1.165, 1.54) is 6.33 Å². The SMILES string of the molecule is C[Si](C)(C)CCOc1ncnc2c1ncn2C1O[C@H](CO)[C@@H](O)[C@H]1OCc1ccc(Br)cc1. The van der Waals surface area contributed by atoms with Crippen molar-refractivity contribution < 1.29 is 24.4 Å². The van der Waals surface area contributed by atoms with Crippen molar-refractivity contribution in [1.82, 2.24) is 19.5 Å². The Bertz CT molecular complexity index is 1070. The van der Waals surface area contributed by atoms with Gasteiger partial charge in [-0.1, -0.05) is 47.7 Å². The highest BCUT2D eigenvalue weighted by molar-refractivity contribution is 9.10. The Kier molecular flexibility index (Phi) is 7.46. The molecule has 1 aromatic carbocycles. The van der Waals surface area contributed by atoms with Crippen molar-refractivity contribution in [2.75, 3.05) is 13.2 Å². The molecular formula is C22H29BrN4O5Si. The number of rotatable bonds is 9. The predicted octanol–water partition coefficient (Wildman–Crippen LogP) is 3.14. The second-order valence-corrected chi connectivity index (χ2v) is 15.8. The molecule has 0 saturated carbocycles. The minimum Gasteiger partial charge on any atom is -0.476 e. The molecule has 1 fully saturated rings. The number of nitrogens with zero attached hydrogens (tertiary/aromatic N) is 4. The number of aliphatic hydroxyl groups excluding tert-OH is 2. The zero-order valence-electron chi connectivity index (χ0n) is 18.9. The highest BCUT2D eigenvalue weighted by Crippen LogP contribution is 2.35. The number of aliphatic hydroxyl groups is 2. The third-order valence-electron chi connectivity index (χ3n) is 5.54. The van der Waals surface area contributed by atoms with Gasteiger partial charge in [0.25, 0.3) is 0 Å². The molecule has 1 saturated heterocycles. The van der Waals surface area contributed by atoms with Crippen LogP contribution >= 0.6 is 15.9 Å². The average Bonchev–Trinajstić information content (AvgIpc) is 3.34. The normalized spacial score (nSPS) is 23.3. The fraction of sp³-hybridized carbons (Fsp3) is 0.500. The summed E-state index contributed by atoms with van der Waals surface area (Å²) in [6, 6.07) is 8.74. The lowest BCUT2D eigenvalue weighted by Gasteiger charge is -2.22. The van der Waals surface area contributed by atoms with Crippen molar-refractivity contribution >= 4 is 35.2 Å². The topological polar surface area (TPSA) is 112 Å². The van der Waals surface area contributed by atoms with Gasteiger partial charge in [-0.2, -0.15) is 4.98 Å². The molecule has 0 amide bonds. The van der Waals surface area contributed by atoms with Gasteiger partial charge in [0.1, 0.15) is 24.6 Å². The highest BCUT2D eigenvalue weighted by Gasteiger charge is 2.46. The lowest BCUT2D eigenvalue weighted by atomic mass is 10.1. The number of imidazole rings is 1. The number of benzene rings is 1. The molecule has 3 heterocycles. The Balaban J connectivity index is 1.56. The third kappa shape index (κ3) is 5.61. The van der Waals surface area contributed by atoms with Crippen molar-refractivity contribution in [3.05, 3.63) is 47.0 Å². The van der Waals surface area contributed by atoms with Gasteiger partial charge in [0.2, 0.25) is 5.88 Å².